The van der Waals surface area contributed by atoms with Gasteiger partial charge in [0.05, 0.1) is 18.3 Å². The van der Waals surface area contributed by atoms with Crippen LogP contribution in [-0.4, -0.2) is 46.2 Å². The minimum absolute atomic E-state index is 0.0672. The lowest BCUT2D eigenvalue weighted by Gasteiger charge is -2.10. The number of aromatic nitrogens is 3. The summed E-state index contributed by atoms with van der Waals surface area (Å²) < 4.78 is 2.10. The van der Waals surface area contributed by atoms with E-state index < -0.39 is 0 Å². The highest BCUT2D eigenvalue weighted by molar-refractivity contribution is 5.77. The molecule has 0 unspecified atom stereocenters. The Kier molecular flexibility index (Phi) is 5.25. The Morgan fingerprint density at radius 1 is 1.33 bits per heavy atom. The molecule has 1 aliphatic rings. The molecule has 1 aliphatic carbocycles. The van der Waals surface area contributed by atoms with Crippen LogP contribution in [0.15, 0.2) is 30.6 Å². The second kappa shape index (κ2) is 7.57. The van der Waals surface area contributed by atoms with Crippen molar-refractivity contribution in [2.45, 2.75) is 38.3 Å². The van der Waals surface area contributed by atoms with Gasteiger partial charge in [-0.2, -0.15) is 5.10 Å². The third-order valence-electron chi connectivity index (χ3n) is 4.50. The van der Waals surface area contributed by atoms with Crippen molar-refractivity contribution < 1.29 is 4.79 Å². The van der Waals surface area contributed by atoms with E-state index in [1.807, 2.05) is 18.2 Å². The molecule has 0 bridgehead atoms. The molecule has 0 radical (unpaired) electrons. The maximum absolute atomic E-state index is 11.7. The Hall–Kier alpha value is -2.21. The van der Waals surface area contributed by atoms with Crippen LogP contribution in [0.3, 0.4) is 0 Å². The molecule has 1 N–H and O–H groups in total. The lowest BCUT2D eigenvalue weighted by molar-refractivity contribution is -0.127. The molecule has 2 heterocycles. The molecule has 2 aromatic rings. The van der Waals surface area contributed by atoms with Crippen LogP contribution in [0, 0.1) is 0 Å². The lowest BCUT2D eigenvalue weighted by Crippen LogP contribution is -2.32. The average Bonchev–Trinajstić information content (AvgIpc) is 3.25. The van der Waals surface area contributed by atoms with Crippen molar-refractivity contribution in [1.82, 2.24) is 25.0 Å². The van der Waals surface area contributed by atoms with Crippen LogP contribution in [0.2, 0.25) is 0 Å². The fraction of sp³-hybridized carbons (Fsp3) is 0.500. The van der Waals surface area contributed by atoms with Crippen LogP contribution in [0.25, 0.3) is 11.4 Å². The molecular weight excluding hydrogens is 302 g/mol. The van der Waals surface area contributed by atoms with E-state index in [0.717, 1.165) is 17.0 Å². The molecule has 24 heavy (non-hydrogen) atoms. The Labute approximate surface area is 142 Å². The van der Waals surface area contributed by atoms with Crippen molar-refractivity contribution in [2.24, 2.45) is 0 Å². The summed E-state index contributed by atoms with van der Waals surface area (Å²) in [6.45, 7) is 0.932. The summed E-state index contributed by atoms with van der Waals surface area (Å²) in [5.41, 5.74) is 2.88. The molecule has 6 heteroatoms. The third kappa shape index (κ3) is 3.82. The van der Waals surface area contributed by atoms with Gasteiger partial charge >= 0.3 is 0 Å². The van der Waals surface area contributed by atoms with Gasteiger partial charge in [-0.3, -0.25) is 14.5 Å². The number of rotatable bonds is 6. The van der Waals surface area contributed by atoms with Gasteiger partial charge in [0.25, 0.3) is 0 Å². The molecule has 0 atom stereocenters. The number of likely N-dealkylation sites (N-methyl/N-ethyl adjacent to an activating group) is 1. The van der Waals surface area contributed by atoms with Crippen LogP contribution in [0.4, 0.5) is 0 Å². The van der Waals surface area contributed by atoms with Crippen molar-refractivity contribution in [3.63, 3.8) is 0 Å². The standard InChI is InChI=1S/C18H25N5O/c1-22(2)17(24)12-19-11-14-13-23(15-7-3-4-8-15)21-18(14)16-9-5-6-10-20-16/h5-6,9-10,13,15,19H,3-4,7-8,11-12H2,1-2H3. The van der Waals surface area contributed by atoms with Crippen molar-refractivity contribution in [3.05, 3.63) is 36.2 Å². The van der Waals surface area contributed by atoms with Gasteiger partial charge in [-0.25, -0.2) is 0 Å². The van der Waals surface area contributed by atoms with Crippen LogP contribution in [0.5, 0.6) is 0 Å². The summed E-state index contributed by atoms with van der Waals surface area (Å²) in [7, 11) is 3.53. The quantitative estimate of drug-likeness (QED) is 0.884. The monoisotopic (exact) mass is 327 g/mol. The van der Waals surface area contributed by atoms with Crippen LogP contribution < -0.4 is 5.32 Å². The summed E-state index contributed by atoms with van der Waals surface area (Å²) >= 11 is 0. The maximum atomic E-state index is 11.7. The highest BCUT2D eigenvalue weighted by Gasteiger charge is 2.21. The molecule has 0 saturated heterocycles. The van der Waals surface area contributed by atoms with Gasteiger partial charge in [0.1, 0.15) is 5.69 Å². The third-order valence-corrected chi connectivity index (χ3v) is 4.50. The smallest absolute Gasteiger partial charge is 0.236 e. The molecule has 1 amide bonds. The number of amides is 1. The summed E-state index contributed by atoms with van der Waals surface area (Å²) in [6, 6.07) is 6.36. The number of pyridine rings is 1. The lowest BCUT2D eigenvalue weighted by atomic mass is 10.2. The van der Waals surface area contributed by atoms with Crippen molar-refractivity contribution >= 4 is 5.91 Å². The van der Waals surface area contributed by atoms with E-state index in [4.69, 9.17) is 5.10 Å². The van der Waals surface area contributed by atoms with Gasteiger partial charge in [0.2, 0.25) is 5.91 Å². The summed E-state index contributed by atoms with van der Waals surface area (Å²) in [4.78, 5) is 17.8. The van der Waals surface area contributed by atoms with Crippen LogP contribution in [-0.2, 0) is 11.3 Å². The molecule has 128 valence electrons. The van der Waals surface area contributed by atoms with Crippen LogP contribution in [0.1, 0.15) is 37.3 Å². The van der Waals surface area contributed by atoms with E-state index in [1.54, 1.807) is 25.2 Å². The predicted octanol–water partition coefficient (Wildman–Crippen LogP) is 2.24. The number of hydrogen-bond acceptors (Lipinski definition) is 4. The zero-order chi connectivity index (χ0) is 16.9. The first-order valence-electron chi connectivity index (χ1n) is 8.55. The van der Waals surface area contributed by atoms with E-state index in [0.29, 0.717) is 19.1 Å². The first-order valence-corrected chi connectivity index (χ1v) is 8.55. The van der Waals surface area contributed by atoms with Crippen molar-refractivity contribution in [1.29, 1.82) is 0 Å². The molecule has 3 rings (SSSR count). The van der Waals surface area contributed by atoms with Gasteiger partial charge in [-0.15, -0.1) is 0 Å². The minimum atomic E-state index is 0.0672. The Balaban J connectivity index is 1.79. The average molecular weight is 327 g/mol. The Bertz CT molecular complexity index is 674. The normalized spacial score (nSPS) is 14.9. The Morgan fingerprint density at radius 3 is 2.79 bits per heavy atom. The molecule has 0 spiro atoms. The Morgan fingerprint density at radius 2 is 2.12 bits per heavy atom. The number of nitrogens with zero attached hydrogens (tertiary/aromatic N) is 4. The molecule has 0 aromatic carbocycles. The van der Waals surface area contributed by atoms with Gasteiger partial charge in [-0.1, -0.05) is 18.9 Å². The topological polar surface area (TPSA) is 63.1 Å². The number of nitrogens with one attached hydrogen (secondary N) is 1. The highest BCUT2D eigenvalue weighted by atomic mass is 16.2. The molecule has 6 nitrogen and oxygen atoms in total. The highest BCUT2D eigenvalue weighted by Crippen LogP contribution is 2.31. The second-order valence-corrected chi connectivity index (χ2v) is 6.53. The van der Waals surface area contributed by atoms with Gasteiger partial charge in [-0.05, 0) is 25.0 Å². The summed E-state index contributed by atoms with van der Waals surface area (Å²) in [6.07, 6.45) is 8.83. The van der Waals surface area contributed by atoms with E-state index in [1.165, 1.54) is 25.7 Å². The van der Waals surface area contributed by atoms with Crippen molar-refractivity contribution in [3.8, 4) is 11.4 Å². The summed E-state index contributed by atoms with van der Waals surface area (Å²) in [5, 5.41) is 8.04. The minimum Gasteiger partial charge on any atom is -0.348 e. The predicted molar refractivity (Wildman–Crippen MR) is 93.4 cm³/mol. The van der Waals surface area contributed by atoms with E-state index in [-0.39, 0.29) is 5.91 Å². The van der Waals surface area contributed by atoms with E-state index in [9.17, 15) is 4.79 Å². The fourth-order valence-electron chi connectivity index (χ4n) is 3.10. The van der Waals surface area contributed by atoms with Crippen molar-refractivity contribution in [2.75, 3.05) is 20.6 Å². The van der Waals surface area contributed by atoms with Crippen LogP contribution >= 0.6 is 0 Å². The molecular formula is C18H25N5O. The van der Waals surface area contributed by atoms with Gasteiger partial charge in [0, 0.05) is 38.6 Å². The first kappa shape index (κ1) is 16.6. The second-order valence-electron chi connectivity index (χ2n) is 6.53. The first-order chi connectivity index (χ1) is 11.6. The number of carbonyl (C=O) groups is 1. The van der Waals surface area contributed by atoms with Gasteiger partial charge < -0.3 is 10.2 Å². The fourth-order valence-corrected chi connectivity index (χ4v) is 3.10. The number of hydrogen-bond donors (Lipinski definition) is 1. The summed E-state index contributed by atoms with van der Waals surface area (Å²) in [5.74, 6) is 0.0672. The molecule has 0 aliphatic heterocycles. The zero-order valence-electron chi connectivity index (χ0n) is 14.4. The number of carbonyl (C=O) groups excluding carboxylic acids is 1. The molecule has 1 fully saturated rings. The largest absolute Gasteiger partial charge is 0.348 e. The van der Waals surface area contributed by atoms with E-state index in [2.05, 4.69) is 21.2 Å². The molecule has 2 aromatic heterocycles. The molecule has 1 saturated carbocycles. The SMILES string of the molecule is CN(C)C(=O)CNCc1cn(C2CCCC2)nc1-c1ccccn1. The maximum Gasteiger partial charge on any atom is 0.236 e. The zero-order valence-corrected chi connectivity index (χ0v) is 14.4. The van der Waals surface area contributed by atoms with Gasteiger partial charge in [0.15, 0.2) is 0 Å². The van der Waals surface area contributed by atoms with E-state index >= 15 is 0 Å².